The van der Waals surface area contributed by atoms with Crippen LogP contribution in [0.15, 0.2) is 16.6 Å². The van der Waals surface area contributed by atoms with Crippen molar-refractivity contribution in [3.05, 3.63) is 22.2 Å². The molecule has 1 aliphatic rings. The lowest BCUT2D eigenvalue weighted by Gasteiger charge is -2.05. The Morgan fingerprint density at radius 1 is 1.47 bits per heavy atom. The van der Waals surface area contributed by atoms with Gasteiger partial charge in [0.25, 0.3) is 0 Å². The molecule has 0 saturated carbocycles. The molecule has 0 radical (unpaired) electrons. The van der Waals surface area contributed by atoms with Crippen LogP contribution in [-0.4, -0.2) is 19.4 Å². The molecule has 1 aromatic rings. The molecule has 0 amide bonds. The lowest BCUT2D eigenvalue weighted by molar-refractivity contribution is 0.0525. The Hall–Kier alpha value is -1.23. The zero-order valence-corrected chi connectivity index (χ0v) is 9.67. The molecule has 0 aliphatic carbocycles. The third-order valence-electron chi connectivity index (χ3n) is 1.96. The number of carbonyl (C=O) groups excluding carboxylic acids is 1. The Morgan fingerprint density at radius 2 is 2.13 bits per heavy atom. The molecule has 2 rings (SSSR count). The van der Waals surface area contributed by atoms with Crippen LogP contribution in [0, 0.1) is 0 Å². The first-order valence-corrected chi connectivity index (χ1v) is 5.28. The number of carbonyl (C=O) groups is 1. The summed E-state index contributed by atoms with van der Waals surface area (Å²) in [6, 6.07) is 3.32. The van der Waals surface area contributed by atoms with E-state index in [9.17, 15) is 4.79 Å². The molecule has 0 N–H and O–H groups in total. The van der Waals surface area contributed by atoms with Crippen LogP contribution in [0.25, 0.3) is 0 Å². The molecule has 0 atom stereocenters. The van der Waals surface area contributed by atoms with Crippen LogP contribution in [0.5, 0.6) is 11.5 Å². The van der Waals surface area contributed by atoms with Crippen molar-refractivity contribution in [1.29, 1.82) is 0 Å². The highest BCUT2D eigenvalue weighted by molar-refractivity contribution is 9.10. The van der Waals surface area contributed by atoms with E-state index in [0.29, 0.717) is 28.1 Å². The van der Waals surface area contributed by atoms with Crippen molar-refractivity contribution in [2.45, 2.75) is 6.92 Å². The summed E-state index contributed by atoms with van der Waals surface area (Å²) in [5.74, 6) is 0.832. The van der Waals surface area contributed by atoms with Crippen molar-refractivity contribution < 1.29 is 19.0 Å². The third-order valence-corrected chi connectivity index (χ3v) is 2.61. The van der Waals surface area contributed by atoms with Crippen LogP contribution < -0.4 is 9.47 Å². The predicted octanol–water partition coefficient (Wildman–Crippen LogP) is 2.35. The van der Waals surface area contributed by atoms with Gasteiger partial charge in [0.15, 0.2) is 11.5 Å². The third kappa shape index (κ3) is 1.92. The Labute approximate surface area is 95.3 Å². The van der Waals surface area contributed by atoms with Gasteiger partial charge < -0.3 is 14.2 Å². The number of fused-ring (bicyclic) bond motifs is 1. The van der Waals surface area contributed by atoms with Crippen LogP contribution in [-0.2, 0) is 4.74 Å². The SMILES string of the molecule is CCOC(=O)c1cc2c(cc1Br)OCO2. The zero-order chi connectivity index (χ0) is 10.8. The quantitative estimate of drug-likeness (QED) is 0.776. The molecule has 0 saturated heterocycles. The van der Waals surface area contributed by atoms with E-state index in [2.05, 4.69) is 15.9 Å². The van der Waals surface area contributed by atoms with Crippen LogP contribution in [0.3, 0.4) is 0 Å². The largest absolute Gasteiger partial charge is 0.462 e. The minimum Gasteiger partial charge on any atom is -0.462 e. The summed E-state index contributed by atoms with van der Waals surface area (Å²) in [5.41, 5.74) is 0.445. The Morgan fingerprint density at radius 3 is 2.80 bits per heavy atom. The summed E-state index contributed by atoms with van der Waals surface area (Å²) in [4.78, 5) is 11.5. The van der Waals surface area contributed by atoms with E-state index in [4.69, 9.17) is 14.2 Å². The molecule has 80 valence electrons. The van der Waals surface area contributed by atoms with Crippen molar-refractivity contribution in [3.63, 3.8) is 0 Å². The van der Waals surface area contributed by atoms with E-state index in [-0.39, 0.29) is 12.8 Å². The van der Waals surface area contributed by atoms with Gasteiger partial charge in [-0.3, -0.25) is 0 Å². The molecule has 0 unspecified atom stereocenters. The Balaban J connectivity index is 2.36. The smallest absolute Gasteiger partial charge is 0.339 e. The van der Waals surface area contributed by atoms with Gasteiger partial charge in [0.1, 0.15) is 0 Å². The van der Waals surface area contributed by atoms with Gasteiger partial charge in [0.2, 0.25) is 6.79 Å². The van der Waals surface area contributed by atoms with Gasteiger partial charge >= 0.3 is 5.97 Å². The molecule has 0 aromatic heterocycles. The highest BCUT2D eigenvalue weighted by Crippen LogP contribution is 2.37. The van der Waals surface area contributed by atoms with E-state index in [0.717, 1.165) is 0 Å². The molecular weight excluding hydrogens is 264 g/mol. The average Bonchev–Trinajstić information content (AvgIpc) is 2.63. The highest BCUT2D eigenvalue weighted by atomic mass is 79.9. The van der Waals surface area contributed by atoms with Gasteiger partial charge in [-0.05, 0) is 35.0 Å². The molecule has 1 aromatic carbocycles. The molecule has 15 heavy (non-hydrogen) atoms. The molecule has 5 heteroatoms. The van der Waals surface area contributed by atoms with E-state index < -0.39 is 0 Å². The zero-order valence-electron chi connectivity index (χ0n) is 8.08. The van der Waals surface area contributed by atoms with Gasteiger partial charge in [-0.2, -0.15) is 0 Å². The molecular formula is C10H9BrO4. The Kier molecular flexibility index (Phi) is 2.81. The highest BCUT2D eigenvalue weighted by Gasteiger charge is 2.20. The summed E-state index contributed by atoms with van der Waals surface area (Å²) in [7, 11) is 0. The lowest BCUT2D eigenvalue weighted by Crippen LogP contribution is -2.05. The number of ether oxygens (including phenoxy) is 3. The Bertz CT molecular complexity index is 403. The van der Waals surface area contributed by atoms with Crippen LogP contribution in [0.4, 0.5) is 0 Å². The van der Waals surface area contributed by atoms with Crippen molar-refractivity contribution >= 4 is 21.9 Å². The van der Waals surface area contributed by atoms with Gasteiger partial charge in [-0.15, -0.1) is 0 Å². The summed E-state index contributed by atoms with van der Waals surface area (Å²) in [5, 5.41) is 0. The summed E-state index contributed by atoms with van der Waals surface area (Å²) in [6.07, 6.45) is 0. The summed E-state index contributed by atoms with van der Waals surface area (Å²) in [6.45, 7) is 2.30. The number of benzene rings is 1. The van der Waals surface area contributed by atoms with Crippen molar-refractivity contribution in [2.75, 3.05) is 13.4 Å². The number of esters is 1. The maximum atomic E-state index is 11.5. The van der Waals surface area contributed by atoms with E-state index in [1.165, 1.54) is 0 Å². The molecule has 0 fully saturated rings. The van der Waals surface area contributed by atoms with E-state index in [1.807, 2.05) is 0 Å². The fraction of sp³-hybridized carbons (Fsp3) is 0.300. The molecule has 0 bridgehead atoms. The van der Waals surface area contributed by atoms with Crippen molar-refractivity contribution in [1.82, 2.24) is 0 Å². The first-order chi connectivity index (χ1) is 7.22. The number of hydrogen-bond acceptors (Lipinski definition) is 4. The first-order valence-electron chi connectivity index (χ1n) is 4.48. The van der Waals surface area contributed by atoms with Crippen molar-refractivity contribution in [3.8, 4) is 11.5 Å². The maximum absolute atomic E-state index is 11.5. The topological polar surface area (TPSA) is 44.8 Å². The lowest BCUT2D eigenvalue weighted by atomic mass is 10.2. The standard InChI is InChI=1S/C10H9BrO4/c1-2-13-10(12)6-3-8-9(4-7(6)11)15-5-14-8/h3-4H,2,5H2,1H3. The first kappa shape index (κ1) is 10.3. The fourth-order valence-electron chi connectivity index (χ4n) is 1.28. The second kappa shape index (κ2) is 4.10. The van der Waals surface area contributed by atoms with Gasteiger partial charge in [-0.25, -0.2) is 4.79 Å². The predicted molar refractivity (Wildman–Crippen MR) is 56.2 cm³/mol. The molecule has 1 heterocycles. The van der Waals surface area contributed by atoms with Crippen molar-refractivity contribution in [2.24, 2.45) is 0 Å². The maximum Gasteiger partial charge on any atom is 0.339 e. The minimum absolute atomic E-state index is 0.189. The second-order valence-electron chi connectivity index (χ2n) is 2.91. The van der Waals surface area contributed by atoms with Crippen LogP contribution >= 0.6 is 15.9 Å². The molecule has 4 nitrogen and oxygen atoms in total. The number of hydrogen-bond donors (Lipinski definition) is 0. The second-order valence-corrected chi connectivity index (χ2v) is 3.76. The average molecular weight is 273 g/mol. The van der Waals surface area contributed by atoms with Crippen LogP contribution in [0.2, 0.25) is 0 Å². The molecule has 1 aliphatic heterocycles. The molecule has 0 spiro atoms. The number of halogens is 1. The summed E-state index contributed by atoms with van der Waals surface area (Å²) < 4.78 is 15.9. The van der Waals surface area contributed by atoms with Gasteiger partial charge in [0, 0.05) is 4.47 Å². The van der Waals surface area contributed by atoms with Gasteiger partial charge in [0.05, 0.1) is 12.2 Å². The fourth-order valence-corrected chi connectivity index (χ4v) is 1.77. The summed E-state index contributed by atoms with van der Waals surface area (Å²) >= 11 is 3.28. The monoisotopic (exact) mass is 272 g/mol. The normalized spacial score (nSPS) is 12.7. The van der Waals surface area contributed by atoms with Gasteiger partial charge in [-0.1, -0.05) is 0 Å². The van der Waals surface area contributed by atoms with E-state index in [1.54, 1.807) is 19.1 Å². The van der Waals surface area contributed by atoms with E-state index >= 15 is 0 Å². The number of rotatable bonds is 2. The van der Waals surface area contributed by atoms with Crippen LogP contribution in [0.1, 0.15) is 17.3 Å². The minimum atomic E-state index is -0.373.